The molecule has 0 bridgehead atoms. The van der Waals surface area contributed by atoms with E-state index < -0.39 is 11.7 Å². The Balaban J connectivity index is 2.36. The number of hydrogen-bond acceptors (Lipinski definition) is 5. The molecule has 3 N–H and O–H groups in total. The van der Waals surface area contributed by atoms with Crippen LogP contribution in [0.4, 0.5) is 16.2 Å². The van der Waals surface area contributed by atoms with Crippen LogP contribution in [0.3, 0.4) is 0 Å². The lowest BCUT2D eigenvalue weighted by molar-refractivity contribution is 0.0560. The minimum atomic E-state index is -0.585. The zero-order chi connectivity index (χ0) is 17.0. The molecule has 2 rings (SSSR count). The fourth-order valence-corrected chi connectivity index (χ4v) is 2.65. The third-order valence-corrected chi connectivity index (χ3v) is 3.64. The number of benzene rings is 1. The SMILES string of the molecule is CC(C)(C)OC(=O)N(c1ccc(C#N)cc1N)C1CCCNC1. The van der Waals surface area contributed by atoms with Gasteiger partial charge in [0.1, 0.15) is 5.60 Å². The van der Waals surface area contributed by atoms with Gasteiger partial charge in [-0.15, -0.1) is 0 Å². The second-order valence-electron chi connectivity index (χ2n) is 6.74. The Hall–Kier alpha value is -2.26. The Morgan fingerprint density at radius 1 is 1.48 bits per heavy atom. The van der Waals surface area contributed by atoms with Gasteiger partial charge < -0.3 is 15.8 Å². The van der Waals surface area contributed by atoms with Crippen molar-refractivity contribution >= 4 is 17.5 Å². The lowest BCUT2D eigenvalue weighted by Crippen LogP contribution is -2.50. The Kier molecular flexibility index (Phi) is 5.12. The molecule has 0 saturated carbocycles. The molecule has 0 aliphatic carbocycles. The number of nitrogen functional groups attached to an aromatic ring is 1. The van der Waals surface area contributed by atoms with Gasteiger partial charge in [0.25, 0.3) is 0 Å². The summed E-state index contributed by atoms with van der Waals surface area (Å²) >= 11 is 0. The lowest BCUT2D eigenvalue weighted by Gasteiger charge is -2.36. The number of nitriles is 1. The summed E-state index contributed by atoms with van der Waals surface area (Å²) in [6.45, 7) is 7.15. The highest BCUT2D eigenvalue weighted by atomic mass is 16.6. The number of nitrogens with one attached hydrogen (secondary N) is 1. The fourth-order valence-electron chi connectivity index (χ4n) is 2.65. The average molecular weight is 316 g/mol. The van der Waals surface area contributed by atoms with Crippen molar-refractivity contribution in [1.82, 2.24) is 5.32 Å². The average Bonchev–Trinajstić information content (AvgIpc) is 2.48. The first-order valence-corrected chi connectivity index (χ1v) is 7.84. The summed E-state index contributed by atoms with van der Waals surface area (Å²) < 4.78 is 5.56. The van der Waals surface area contributed by atoms with Crippen LogP contribution in [0, 0.1) is 11.3 Å². The number of hydrogen-bond donors (Lipinski definition) is 2. The summed E-state index contributed by atoms with van der Waals surface area (Å²) in [6, 6.07) is 7.00. The number of anilines is 2. The Labute approximate surface area is 137 Å². The molecule has 1 heterocycles. The molecule has 1 aromatic carbocycles. The van der Waals surface area contributed by atoms with E-state index in [1.54, 1.807) is 23.1 Å². The molecule has 1 fully saturated rings. The van der Waals surface area contributed by atoms with E-state index >= 15 is 0 Å². The van der Waals surface area contributed by atoms with Crippen molar-refractivity contribution in [2.75, 3.05) is 23.7 Å². The van der Waals surface area contributed by atoms with Crippen LogP contribution in [0.1, 0.15) is 39.2 Å². The molecule has 1 aliphatic rings. The van der Waals surface area contributed by atoms with Crippen LogP contribution in [-0.2, 0) is 4.74 Å². The molecule has 0 radical (unpaired) electrons. The Morgan fingerprint density at radius 3 is 2.74 bits per heavy atom. The first kappa shape index (κ1) is 17.1. The van der Waals surface area contributed by atoms with Crippen LogP contribution in [-0.4, -0.2) is 30.8 Å². The van der Waals surface area contributed by atoms with Gasteiger partial charge in [-0.2, -0.15) is 5.26 Å². The molecule has 1 saturated heterocycles. The van der Waals surface area contributed by atoms with Crippen LogP contribution in [0.15, 0.2) is 18.2 Å². The topological polar surface area (TPSA) is 91.4 Å². The quantitative estimate of drug-likeness (QED) is 0.818. The van der Waals surface area contributed by atoms with Crippen molar-refractivity contribution in [2.45, 2.75) is 45.3 Å². The summed E-state index contributed by atoms with van der Waals surface area (Å²) in [6.07, 6.45) is 1.45. The van der Waals surface area contributed by atoms with Gasteiger partial charge in [0.05, 0.1) is 29.0 Å². The predicted octanol–water partition coefficient (Wildman–Crippen LogP) is 2.63. The monoisotopic (exact) mass is 316 g/mol. The Bertz CT molecular complexity index is 610. The smallest absolute Gasteiger partial charge is 0.415 e. The van der Waals surface area contributed by atoms with E-state index in [0.717, 1.165) is 19.4 Å². The standard InChI is InChI=1S/C17H24N4O2/c1-17(2,3)23-16(22)21(13-5-4-8-20-11-13)15-7-6-12(10-18)9-14(15)19/h6-7,9,13,20H,4-5,8,11,19H2,1-3H3. The van der Waals surface area contributed by atoms with E-state index in [9.17, 15) is 4.79 Å². The maximum atomic E-state index is 12.7. The molecular formula is C17H24N4O2. The maximum absolute atomic E-state index is 12.7. The fraction of sp³-hybridized carbons (Fsp3) is 0.529. The van der Waals surface area contributed by atoms with Crippen molar-refractivity contribution in [3.8, 4) is 6.07 Å². The molecule has 6 heteroatoms. The molecule has 1 aromatic rings. The molecular weight excluding hydrogens is 292 g/mol. The highest BCUT2D eigenvalue weighted by molar-refractivity contribution is 5.92. The van der Waals surface area contributed by atoms with Gasteiger partial charge in [0.15, 0.2) is 0 Å². The first-order chi connectivity index (χ1) is 10.8. The third kappa shape index (κ3) is 4.36. The zero-order valence-corrected chi connectivity index (χ0v) is 13.9. The van der Waals surface area contributed by atoms with Gasteiger partial charge in [-0.1, -0.05) is 0 Å². The first-order valence-electron chi connectivity index (χ1n) is 7.84. The lowest BCUT2D eigenvalue weighted by atomic mass is 10.0. The van der Waals surface area contributed by atoms with Crippen molar-refractivity contribution in [2.24, 2.45) is 0 Å². The van der Waals surface area contributed by atoms with Crippen LogP contribution in [0.5, 0.6) is 0 Å². The number of amides is 1. The van der Waals surface area contributed by atoms with E-state index in [4.69, 9.17) is 15.7 Å². The summed E-state index contributed by atoms with van der Waals surface area (Å²) in [7, 11) is 0. The van der Waals surface area contributed by atoms with Crippen LogP contribution in [0.25, 0.3) is 0 Å². The zero-order valence-electron chi connectivity index (χ0n) is 13.9. The van der Waals surface area contributed by atoms with Crippen molar-refractivity contribution in [1.29, 1.82) is 5.26 Å². The summed E-state index contributed by atoms with van der Waals surface area (Å²) in [5.74, 6) is 0. The predicted molar refractivity (Wildman–Crippen MR) is 90.2 cm³/mol. The van der Waals surface area contributed by atoms with E-state index in [-0.39, 0.29) is 6.04 Å². The van der Waals surface area contributed by atoms with E-state index in [0.29, 0.717) is 23.5 Å². The number of piperidine rings is 1. The second-order valence-corrected chi connectivity index (χ2v) is 6.74. The van der Waals surface area contributed by atoms with Gasteiger partial charge >= 0.3 is 6.09 Å². The highest BCUT2D eigenvalue weighted by Gasteiger charge is 2.31. The van der Waals surface area contributed by atoms with Gasteiger partial charge in [-0.25, -0.2) is 4.79 Å². The molecule has 23 heavy (non-hydrogen) atoms. The van der Waals surface area contributed by atoms with Gasteiger partial charge in [-0.3, -0.25) is 4.90 Å². The van der Waals surface area contributed by atoms with Crippen molar-refractivity contribution < 1.29 is 9.53 Å². The van der Waals surface area contributed by atoms with E-state index in [1.807, 2.05) is 20.8 Å². The number of ether oxygens (including phenoxy) is 1. The van der Waals surface area contributed by atoms with Crippen LogP contribution < -0.4 is 16.0 Å². The maximum Gasteiger partial charge on any atom is 0.415 e. The number of nitrogens with zero attached hydrogens (tertiary/aromatic N) is 2. The van der Waals surface area contributed by atoms with E-state index in [2.05, 4.69) is 11.4 Å². The Morgan fingerprint density at radius 2 is 2.22 bits per heavy atom. The second kappa shape index (κ2) is 6.88. The third-order valence-electron chi connectivity index (χ3n) is 3.64. The molecule has 124 valence electrons. The normalized spacial score (nSPS) is 18.1. The molecule has 1 amide bonds. The van der Waals surface area contributed by atoms with Gasteiger partial charge in [-0.05, 0) is 58.4 Å². The number of carbonyl (C=O) groups is 1. The number of carbonyl (C=O) groups excluding carboxylic acids is 1. The number of rotatable bonds is 2. The number of nitrogens with two attached hydrogens (primary N) is 1. The van der Waals surface area contributed by atoms with Crippen LogP contribution in [0.2, 0.25) is 0 Å². The minimum absolute atomic E-state index is 0.0196. The highest BCUT2D eigenvalue weighted by Crippen LogP contribution is 2.29. The molecule has 1 atom stereocenters. The largest absolute Gasteiger partial charge is 0.443 e. The molecule has 0 aromatic heterocycles. The molecule has 1 aliphatic heterocycles. The summed E-state index contributed by atoms with van der Waals surface area (Å²) in [5.41, 5.74) is 6.96. The van der Waals surface area contributed by atoms with Crippen molar-refractivity contribution in [3.63, 3.8) is 0 Å². The van der Waals surface area contributed by atoms with Crippen LogP contribution >= 0.6 is 0 Å². The summed E-state index contributed by atoms with van der Waals surface area (Å²) in [4.78, 5) is 14.3. The van der Waals surface area contributed by atoms with Crippen molar-refractivity contribution in [3.05, 3.63) is 23.8 Å². The van der Waals surface area contributed by atoms with Gasteiger partial charge in [0.2, 0.25) is 0 Å². The van der Waals surface area contributed by atoms with Gasteiger partial charge in [0, 0.05) is 6.54 Å². The molecule has 0 spiro atoms. The minimum Gasteiger partial charge on any atom is -0.443 e. The summed E-state index contributed by atoms with van der Waals surface area (Å²) in [5, 5.41) is 12.3. The molecule has 1 unspecified atom stereocenters. The van der Waals surface area contributed by atoms with E-state index in [1.165, 1.54) is 0 Å². The molecule has 6 nitrogen and oxygen atoms in total.